The molecular formula is C17H15N3O5. The van der Waals surface area contributed by atoms with Crippen molar-refractivity contribution in [3.63, 3.8) is 0 Å². The number of Topliss-reactive ketones (excluding diaryl/α,β-unsaturated/α-hetero) is 1. The summed E-state index contributed by atoms with van der Waals surface area (Å²) in [5.74, 6) is -0.766. The van der Waals surface area contributed by atoms with Gasteiger partial charge in [-0.25, -0.2) is 0 Å². The van der Waals surface area contributed by atoms with Crippen molar-refractivity contribution in [2.45, 2.75) is 26.2 Å². The Labute approximate surface area is 142 Å². The molecule has 1 amide bonds. The van der Waals surface area contributed by atoms with Crippen molar-refractivity contribution in [2.24, 2.45) is 0 Å². The molecule has 1 aromatic heterocycles. The van der Waals surface area contributed by atoms with Crippen LogP contribution in [0.25, 0.3) is 0 Å². The van der Waals surface area contributed by atoms with Crippen LogP contribution in [-0.4, -0.2) is 21.6 Å². The van der Waals surface area contributed by atoms with Crippen molar-refractivity contribution < 1.29 is 14.5 Å². The van der Waals surface area contributed by atoms with E-state index < -0.39 is 16.4 Å². The highest BCUT2D eigenvalue weighted by molar-refractivity contribution is 6.07. The zero-order chi connectivity index (χ0) is 18.1. The molecule has 1 aliphatic carbocycles. The first-order valence-electron chi connectivity index (χ1n) is 7.72. The van der Waals surface area contributed by atoms with Gasteiger partial charge in [-0.05, 0) is 37.5 Å². The van der Waals surface area contributed by atoms with E-state index in [1.54, 1.807) is 6.92 Å². The summed E-state index contributed by atoms with van der Waals surface area (Å²) in [5, 5.41) is 13.3. The number of hydrogen-bond donors (Lipinski definition) is 2. The molecule has 128 valence electrons. The molecule has 0 saturated heterocycles. The van der Waals surface area contributed by atoms with E-state index in [4.69, 9.17) is 0 Å². The van der Waals surface area contributed by atoms with Gasteiger partial charge in [0.15, 0.2) is 5.78 Å². The smallest absolute Gasteiger partial charge is 0.269 e. The Morgan fingerprint density at radius 1 is 1.24 bits per heavy atom. The van der Waals surface area contributed by atoms with Crippen LogP contribution < -0.4 is 10.9 Å². The van der Waals surface area contributed by atoms with Crippen LogP contribution in [-0.2, 0) is 6.42 Å². The van der Waals surface area contributed by atoms with E-state index in [1.807, 2.05) is 0 Å². The maximum atomic E-state index is 12.4. The van der Waals surface area contributed by atoms with E-state index >= 15 is 0 Å². The summed E-state index contributed by atoms with van der Waals surface area (Å²) in [7, 11) is 0. The van der Waals surface area contributed by atoms with E-state index in [2.05, 4.69) is 10.3 Å². The number of carbonyl (C=O) groups excluding carboxylic acids is 2. The molecule has 0 saturated carbocycles. The van der Waals surface area contributed by atoms with Gasteiger partial charge in [0.05, 0.1) is 4.92 Å². The fraction of sp³-hybridized carbons (Fsp3) is 0.235. The summed E-state index contributed by atoms with van der Waals surface area (Å²) >= 11 is 0. The van der Waals surface area contributed by atoms with Crippen LogP contribution in [0.15, 0.2) is 29.1 Å². The van der Waals surface area contributed by atoms with Crippen LogP contribution in [0.3, 0.4) is 0 Å². The Morgan fingerprint density at radius 2 is 2.00 bits per heavy atom. The van der Waals surface area contributed by atoms with Gasteiger partial charge >= 0.3 is 0 Å². The van der Waals surface area contributed by atoms with Crippen molar-refractivity contribution >= 4 is 23.1 Å². The third kappa shape index (κ3) is 3.18. The maximum absolute atomic E-state index is 12.4. The molecule has 1 heterocycles. The molecule has 0 radical (unpaired) electrons. The Bertz CT molecular complexity index is 961. The Balaban J connectivity index is 1.92. The van der Waals surface area contributed by atoms with Crippen LogP contribution in [0.5, 0.6) is 0 Å². The number of hydrogen-bond acceptors (Lipinski definition) is 5. The summed E-state index contributed by atoms with van der Waals surface area (Å²) in [5.41, 5.74) is 0.970. The maximum Gasteiger partial charge on any atom is 0.269 e. The van der Waals surface area contributed by atoms with E-state index in [9.17, 15) is 24.5 Å². The van der Waals surface area contributed by atoms with Crippen molar-refractivity contribution in [3.8, 4) is 0 Å². The van der Waals surface area contributed by atoms with Crippen LogP contribution in [0.4, 0.5) is 11.4 Å². The summed E-state index contributed by atoms with van der Waals surface area (Å²) in [6, 6.07) is 5.33. The van der Waals surface area contributed by atoms with Gasteiger partial charge in [-0.1, -0.05) is 0 Å². The lowest BCUT2D eigenvalue weighted by atomic mass is 9.93. The van der Waals surface area contributed by atoms with Crippen LogP contribution in [0, 0.1) is 17.0 Å². The van der Waals surface area contributed by atoms with Crippen LogP contribution >= 0.6 is 0 Å². The molecule has 25 heavy (non-hydrogen) atoms. The first-order chi connectivity index (χ1) is 11.9. The minimum atomic E-state index is -0.667. The highest BCUT2D eigenvalue weighted by atomic mass is 16.6. The van der Waals surface area contributed by atoms with E-state index in [1.165, 1.54) is 24.3 Å². The second-order valence-corrected chi connectivity index (χ2v) is 5.89. The molecule has 0 bridgehead atoms. The Morgan fingerprint density at radius 3 is 2.68 bits per heavy atom. The second kappa shape index (κ2) is 6.31. The lowest BCUT2D eigenvalue weighted by Crippen LogP contribution is -2.27. The van der Waals surface area contributed by atoms with Gasteiger partial charge < -0.3 is 10.3 Å². The Hall–Kier alpha value is -3.29. The van der Waals surface area contributed by atoms with Crippen molar-refractivity contribution in [1.82, 2.24) is 4.98 Å². The molecule has 0 spiro atoms. The number of fused-ring (bicyclic) bond motifs is 1. The minimum absolute atomic E-state index is 0.0901. The van der Waals surface area contributed by atoms with Gasteiger partial charge in [0.2, 0.25) is 0 Å². The number of nitrogens with zero attached hydrogens (tertiary/aromatic N) is 1. The molecule has 2 aromatic rings. The fourth-order valence-corrected chi connectivity index (χ4v) is 2.84. The summed E-state index contributed by atoms with van der Waals surface area (Å²) < 4.78 is 0. The predicted octanol–water partition coefficient (Wildman–Crippen LogP) is 2.36. The monoisotopic (exact) mass is 341 g/mol. The SMILES string of the molecule is Cc1cc([N+](=O)[O-])ccc1NC(=O)c1cc2c([nH]c1=O)CCCC2=O. The largest absolute Gasteiger partial charge is 0.325 e. The van der Waals surface area contributed by atoms with Gasteiger partial charge in [-0.2, -0.15) is 0 Å². The van der Waals surface area contributed by atoms with Gasteiger partial charge in [0, 0.05) is 35.5 Å². The first kappa shape index (κ1) is 16.6. The van der Waals surface area contributed by atoms with E-state index in [-0.39, 0.29) is 17.0 Å². The normalized spacial score (nSPS) is 13.2. The number of amides is 1. The molecule has 0 fully saturated rings. The number of nitro benzene ring substituents is 1. The molecular weight excluding hydrogens is 326 g/mol. The molecule has 3 rings (SSSR count). The Kier molecular flexibility index (Phi) is 4.18. The molecule has 0 aliphatic heterocycles. The predicted molar refractivity (Wildman–Crippen MR) is 90.1 cm³/mol. The lowest BCUT2D eigenvalue weighted by molar-refractivity contribution is -0.384. The molecule has 2 N–H and O–H groups in total. The number of rotatable bonds is 3. The van der Waals surface area contributed by atoms with Crippen molar-refractivity contribution in [2.75, 3.05) is 5.32 Å². The third-order valence-corrected chi connectivity index (χ3v) is 4.17. The molecule has 1 aliphatic rings. The van der Waals surface area contributed by atoms with Crippen molar-refractivity contribution in [3.05, 3.63) is 67.1 Å². The second-order valence-electron chi connectivity index (χ2n) is 5.89. The molecule has 8 nitrogen and oxygen atoms in total. The number of benzene rings is 1. The molecule has 0 unspecified atom stereocenters. The topological polar surface area (TPSA) is 122 Å². The zero-order valence-corrected chi connectivity index (χ0v) is 13.4. The number of H-pyrrole nitrogens is 1. The van der Waals surface area contributed by atoms with E-state index in [0.29, 0.717) is 41.8 Å². The summed E-state index contributed by atoms with van der Waals surface area (Å²) in [6.45, 7) is 1.61. The number of carbonyl (C=O) groups is 2. The van der Waals surface area contributed by atoms with Gasteiger partial charge in [-0.3, -0.25) is 24.5 Å². The quantitative estimate of drug-likeness (QED) is 0.655. The number of anilines is 1. The van der Waals surface area contributed by atoms with Crippen LogP contribution in [0.1, 0.15) is 44.8 Å². The number of non-ortho nitro benzene ring substituents is 1. The van der Waals surface area contributed by atoms with Gasteiger partial charge in [0.1, 0.15) is 5.56 Å². The van der Waals surface area contributed by atoms with E-state index in [0.717, 1.165) is 0 Å². The standard InChI is InChI=1S/C17H15N3O5/c1-9-7-10(20(24)25)5-6-13(9)18-16(22)12-8-11-14(19-17(12)23)3-2-4-15(11)21/h5-8H,2-4H2,1H3,(H,18,22)(H,19,23). The number of ketones is 1. The summed E-state index contributed by atoms with van der Waals surface area (Å²) in [6.07, 6.45) is 1.66. The highest BCUT2D eigenvalue weighted by Gasteiger charge is 2.22. The van der Waals surface area contributed by atoms with Crippen LogP contribution in [0.2, 0.25) is 0 Å². The number of aromatic nitrogens is 1. The average Bonchev–Trinajstić information content (AvgIpc) is 2.56. The zero-order valence-electron chi connectivity index (χ0n) is 13.4. The molecule has 8 heteroatoms. The van der Waals surface area contributed by atoms with Gasteiger partial charge in [-0.15, -0.1) is 0 Å². The molecule has 0 atom stereocenters. The highest BCUT2D eigenvalue weighted by Crippen LogP contribution is 2.22. The number of pyridine rings is 1. The van der Waals surface area contributed by atoms with Crippen molar-refractivity contribution in [1.29, 1.82) is 0 Å². The average molecular weight is 341 g/mol. The number of aryl methyl sites for hydroxylation is 2. The lowest BCUT2D eigenvalue weighted by Gasteiger charge is -2.15. The molecule has 1 aromatic carbocycles. The minimum Gasteiger partial charge on any atom is -0.325 e. The van der Waals surface area contributed by atoms with Gasteiger partial charge in [0.25, 0.3) is 17.2 Å². The third-order valence-electron chi connectivity index (χ3n) is 4.17. The number of nitro groups is 1. The fourth-order valence-electron chi connectivity index (χ4n) is 2.84. The summed E-state index contributed by atoms with van der Waals surface area (Å²) in [4.78, 5) is 49.4. The first-order valence-corrected chi connectivity index (χ1v) is 7.72. The number of aromatic amines is 1. The number of nitrogens with one attached hydrogen (secondary N) is 2.